The Balaban J connectivity index is 2.79. The summed E-state index contributed by atoms with van der Waals surface area (Å²) in [7, 11) is 1.59. The SMILES string of the molecule is CN(CC#N)C(=O)C1(NC=O)CCCCC1. The molecule has 2 amide bonds. The Bertz CT molecular complexity index is 303. The highest BCUT2D eigenvalue weighted by atomic mass is 16.2. The van der Waals surface area contributed by atoms with Gasteiger partial charge in [0.05, 0.1) is 6.07 Å². The maximum absolute atomic E-state index is 12.2. The maximum Gasteiger partial charge on any atom is 0.248 e. The van der Waals surface area contributed by atoms with Crippen molar-refractivity contribution in [1.82, 2.24) is 10.2 Å². The first kappa shape index (κ1) is 12.5. The summed E-state index contributed by atoms with van der Waals surface area (Å²) in [4.78, 5) is 24.1. The van der Waals surface area contributed by atoms with Crippen LogP contribution in [0.5, 0.6) is 0 Å². The van der Waals surface area contributed by atoms with E-state index in [1.807, 2.05) is 6.07 Å². The molecule has 0 spiro atoms. The zero-order valence-electron chi connectivity index (χ0n) is 9.53. The second kappa shape index (κ2) is 5.50. The number of nitriles is 1. The molecular weight excluding hydrogens is 206 g/mol. The van der Waals surface area contributed by atoms with Crippen molar-refractivity contribution >= 4 is 12.3 Å². The zero-order chi connectivity index (χ0) is 12.0. The molecule has 0 aliphatic heterocycles. The van der Waals surface area contributed by atoms with Crippen molar-refractivity contribution in [3.05, 3.63) is 0 Å². The van der Waals surface area contributed by atoms with Gasteiger partial charge in [0, 0.05) is 7.05 Å². The quantitative estimate of drug-likeness (QED) is 0.554. The van der Waals surface area contributed by atoms with Crippen LogP contribution >= 0.6 is 0 Å². The van der Waals surface area contributed by atoms with Crippen molar-refractivity contribution in [2.24, 2.45) is 0 Å². The molecule has 0 saturated heterocycles. The highest BCUT2D eigenvalue weighted by molar-refractivity contribution is 5.88. The van der Waals surface area contributed by atoms with Crippen LogP contribution in [0.4, 0.5) is 0 Å². The largest absolute Gasteiger partial charge is 0.344 e. The molecular formula is C11H17N3O2. The molecule has 1 saturated carbocycles. The zero-order valence-corrected chi connectivity index (χ0v) is 9.53. The number of hydrogen-bond donors (Lipinski definition) is 1. The van der Waals surface area contributed by atoms with Crippen LogP contribution in [0.25, 0.3) is 0 Å². The van der Waals surface area contributed by atoms with E-state index < -0.39 is 5.54 Å². The Morgan fingerprint density at radius 1 is 1.50 bits per heavy atom. The minimum Gasteiger partial charge on any atom is -0.344 e. The van der Waals surface area contributed by atoms with Gasteiger partial charge in [-0.05, 0) is 12.8 Å². The van der Waals surface area contributed by atoms with Crippen LogP contribution in [0.15, 0.2) is 0 Å². The van der Waals surface area contributed by atoms with Gasteiger partial charge >= 0.3 is 0 Å². The first-order valence-electron chi connectivity index (χ1n) is 5.50. The first-order valence-corrected chi connectivity index (χ1v) is 5.50. The van der Waals surface area contributed by atoms with Gasteiger partial charge in [0.2, 0.25) is 12.3 Å². The Morgan fingerprint density at radius 2 is 2.12 bits per heavy atom. The molecule has 88 valence electrons. The summed E-state index contributed by atoms with van der Waals surface area (Å²) in [6, 6.07) is 1.94. The van der Waals surface area contributed by atoms with Gasteiger partial charge < -0.3 is 10.2 Å². The fourth-order valence-electron chi connectivity index (χ4n) is 2.23. The molecule has 5 heteroatoms. The van der Waals surface area contributed by atoms with Gasteiger partial charge in [0.1, 0.15) is 12.1 Å². The molecule has 1 rings (SSSR count). The molecule has 16 heavy (non-hydrogen) atoms. The number of carbonyl (C=O) groups is 2. The molecule has 5 nitrogen and oxygen atoms in total. The average molecular weight is 223 g/mol. The van der Waals surface area contributed by atoms with Crippen LogP contribution < -0.4 is 5.32 Å². The van der Waals surface area contributed by atoms with Gasteiger partial charge in [-0.1, -0.05) is 19.3 Å². The van der Waals surface area contributed by atoms with Gasteiger partial charge in [-0.2, -0.15) is 5.26 Å². The third-order valence-corrected chi connectivity index (χ3v) is 3.11. The number of carbonyl (C=O) groups excluding carboxylic acids is 2. The van der Waals surface area contributed by atoms with Crippen LogP contribution in [0.1, 0.15) is 32.1 Å². The Labute approximate surface area is 95.4 Å². The lowest BCUT2D eigenvalue weighted by Gasteiger charge is -2.37. The van der Waals surface area contributed by atoms with Crippen molar-refractivity contribution in [3.8, 4) is 6.07 Å². The van der Waals surface area contributed by atoms with E-state index in [1.165, 1.54) is 4.90 Å². The lowest BCUT2D eigenvalue weighted by molar-refractivity contribution is -0.139. The second-order valence-electron chi connectivity index (χ2n) is 4.22. The molecule has 0 atom stereocenters. The molecule has 0 heterocycles. The Kier molecular flexibility index (Phi) is 4.29. The van der Waals surface area contributed by atoms with Crippen molar-refractivity contribution in [2.45, 2.75) is 37.6 Å². The number of likely N-dealkylation sites (N-methyl/N-ethyl adjacent to an activating group) is 1. The van der Waals surface area contributed by atoms with Crippen LogP contribution in [0.2, 0.25) is 0 Å². The van der Waals surface area contributed by atoms with E-state index in [0.717, 1.165) is 19.3 Å². The Morgan fingerprint density at radius 3 is 2.62 bits per heavy atom. The molecule has 1 N–H and O–H groups in total. The number of nitrogens with one attached hydrogen (secondary N) is 1. The standard InChI is InChI=1S/C11H17N3O2/c1-14(8-7-12)10(16)11(13-9-15)5-3-2-4-6-11/h9H,2-6,8H2,1H3,(H,13,15). The summed E-state index contributed by atoms with van der Waals surface area (Å²) in [5.74, 6) is -0.152. The van der Waals surface area contributed by atoms with Crippen LogP contribution in [-0.4, -0.2) is 36.3 Å². The summed E-state index contributed by atoms with van der Waals surface area (Å²) in [6.07, 6.45) is 4.89. The van der Waals surface area contributed by atoms with E-state index in [9.17, 15) is 9.59 Å². The van der Waals surface area contributed by atoms with Crippen LogP contribution in [-0.2, 0) is 9.59 Å². The molecule has 0 aromatic carbocycles. The van der Waals surface area contributed by atoms with Crippen LogP contribution in [0.3, 0.4) is 0 Å². The molecule has 1 aliphatic rings. The monoisotopic (exact) mass is 223 g/mol. The summed E-state index contributed by atoms with van der Waals surface area (Å²) >= 11 is 0. The Hall–Kier alpha value is -1.57. The lowest BCUT2D eigenvalue weighted by Crippen LogP contribution is -2.57. The summed E-state index contributed by atoms with van der Waals surface area (Å²) in [5, 5.41) is 11.2. The summed E-state index contributed by atoms with van der Waals surface area (Å²) in [5.41, 5.74) is -0.772. The van der Waals surface area contributed by atoms with E-state index in [1.54, 1.807) is 7.05 Å². The minimum atomic E-state index is -0.772. The maximum atomic E-state index is 12.2. The summed E-state index contributed by atoms with van der Waals surface area (Å²) in [6.45, 7) is 0.0567. The smallest absolute Gasteiger partial charge is 0.248 e. The third-order valence-electron chi connectivity index (χ3n) is 3.11. The van der Waals surface area contributed by atoms with E-state index >= 15 is 0 Å². The van der Waals surface area contributed by atoms with Crippen molar-refractivity contribution in [2.75, 3.05) is 13.6 Å². The van der Waals surface area contributed by atoms with Gasteiger partial charge in [-0.3, -0.25) is 9.59 Å². The van der Waals surface area contributed by atoms with E-state index in [4.69, 9.17) is 5.26 Å². The normalized spacial score (nSPS) is 18.2. The van der Waals surface area contributed by atoms with Gasteiger partial charge in [0.15, 0.2) is 0 Å². The van der Waals surface area contributed by atoms with Gasteiger partial charge in [-0.15, -0.1) is 0 Å². The molecule has 0 aromatic rings. The molecule has 0 bridgehead atoms. The topological polar surface area (TPSA) is 73.2 Å². The highest BCUT2D eigenvalue weighted by Crippen LogP contribution is 2.29. The number of rotatable bonds is 4. The molecule has 0 unspecified atom stereocenters. The first-order chi connectivity index (χ1) is 7.66. The van der Waals surface area contributed by atoms with Crippen molar-refractivity contribution < 1.29 is 9.59 Å². The predicted octanol–water partition coefficient (Wildman–Crippen LogP) is 0.417. The van der Waals surface area contributed by atoms with Gasteiger partial charge in [-0.25, -0.2) is 0 Å². The van der Waals surface area contributed by atoms with Crippen LogP contribution in [0, 0.1) is 11.3 Å². The molecule has 1 fully saturated rings. The fourth-order valence-corrected chi connectivity index (χ4v) is 2.23. The predicted molar refractivity (Wildman–Crippen MR) is 58.3 cm³/mol. The second-order valence-corrected chi connectivity index (χ2v) is 4.22. The molecule has 0 aromatic heterocycles. The number of amides is 2. The highest BCUT2D eigenvalue weighted by Gasteiger charge is 2.40. The van der Waals surface area contributed by atoms with Crippen molar-refractivity contribution in [3.63, 3.8) is 0 Å². The average Bonchev–Trinajstić information content (AvgIpc) is 2.30. The third kappa shape index (κ3) is 2.51. The van der Waals surface area contributed by atoms with Gasteiger partial charge in [0.25, 0.3) is 0 Å². The minimum absolute atomic E-state index is 0.0567. The fraction of sp³-hybridized carbons (Fsp3) is 0.727. The van der Waals surface area contributed by atoms with E-state index in [0.29, 0.717) is 19.3 Å². The van der Waals surface area contributed by atoms with E-state index in [2.05, 4.69) is 5.32 Å². The molecule has 1 aliphatic carbocycles. The number of hydrogen-bond acceptors (Lipinski definition) is 3. The number of nitrogens with zero attached hydrogens (tertiary/aromatic N) is 2. The summed E-state index contributed by atoms with van der Waals surface area (Å²) < 4.78 is 0. The van der Waals surface area contributed by atoms with E-state index in [-0.39, 0.29) is 12.5 Å². The molecule has 0 radical (unpaired) electrons. The van der Waals surface area contributed by atoms with Crippen molar-refractivity contribution in [1.29, 1.82) is 5.26 Å². The lowest BCUT2D eigenvalue weighted by atomic mass is 9.80.